The van der Waals surface area contributed by atoms with Gasteiger partial charge in [-0.25, -0.2) is 9.18 Å². The lowest BCUT2D eigenvalue weighted by molar-refractivity contribution is -0.141. The Labute approximate surface area is 117 Å². The Morgan fingerprint density at radius 2 is 2.10 bits per heavy atom. The Hall–Kier alpha value is -2.11. The molecule has 0 aliphatic heterocycles. The highest BCUT2D eigenvalue weighted by Crippen LogP contribution is 2.18. The number of rotatable bonds is 5. The predicted octanol–water partition coefficient (Wildman–Crippen LogP) is 2.71. The van der Waals surface area contributed by atoms with Crippen LogP contribution in [0.2, 0.25) is 0 Å². The van der Waals surface area contributed by atoms with Gasteiger partial charge >= 0.3 is 12.0 Å². The molecule has 110 valence electrons. The fourth-order valence-corrected chi connectivity index (χ4v) is 1.70. The molecule has 0 aliphatic carbocycles. The molecule has 1 rings (SSSR count). The first kappa shape index (κ1) is 15.9. The number of aliphatic carboxylic acids is 1. The number of nitrogens with one attached hydrogen (secondary N) is 1. The van der Waals surface area contributed by atoms with Gasteiger partial charge in [0.05, 0.1) is 5.92 Å². The summed E-state index contributed by atoms with van der Waals surface area (Å²) in [4.78, 5) is 24.3. The van der Waals surface area contributed by atoms with E-state index in [2.05, 4.69) is 5.32 Å². The number of hydrogen-bond donors (Lipinski definition) is 2. The zero-order valence-electron chi connectivity index (χ0n) is 11.8. The molecule has 1 atom stereocenters. The highest BCUT2D eigenvalue weighted by molar-refractivity contribution is 5.90. The van der Waals surface area contributed by atoms with Crippen LogP contribution in [0.15, 0.2) is 18.2 Å². The number of carbonyl (C=O) groups is 2. The van der Waals surface area contributed by atoms with Gasteiger partial charge in [-0.15, -0.1) is 0 Å². The van der Waals surface area contributed by atoms with Crippen molar-refractivity contribution >= 4 is 17.7 Å². The second-order valence-electron chi connectivity index (χ2n) is 4.62. The third-order valence-electron chi connectivity index (χ3n) is 3.09. The standard InChI is InChI=1S/C14H19FN2O3/c1-4-17(8-9(2)13(18)19)14(20)16-12-7-5-6-11(15)10(12)3/h5-7,9H,4,8H2,1-3H3,(H,16,20)(H,18,19). The van der Waals surface area contributed by atoms with E-state index >= 15 is 0 Å². The molecule has 0 aliphatic rings. The van der Waals surface area contributed by atoms with Crippen LogP contribution in [0.25, 0.3) is 0 Å². The molecule has 0 radical (unpaired) electrons. The minimum Gasteiger partial charge on any atom is -0.481 e. The number of urea groups is 1. The molecule has 1 aromatic carbocycles. The average Bonchev–Trinajstić information content (AvgIpc) is 2.40. The van der Waals surface area contributed by atoms with E-state index in [0.717, 1.165) is 0 Å². The second kappa shape index (κ2) is 6.88. The molecule has 0 fully saturated rings. The average molecular weight is 282 g/mol. The third-order valence-corrected chi connectivity index (χ3v) is 3.09. The number of halogens is 1. The van der Waals surface area contributed by atoms with Crippen molar-refractivity contribution < 1.29 is 19.1 Å². The molecule has 0 bridgehead atoms. The van der Waals surface area contributed by atoms with Crippen LogP contribution in [-0.4, -0.2) is 35.1 Å². The number of amides is 2. The van der Waals surface area contributed by atoms with Gasteiger partial charge in [0.25, 0.3) is 0 Å². The van der Waals surface area contributed by atoms with E-state index in [1.807, 2.05) is 0 Å². The normalized spacial score (nSPS) is 11.8. The second-order valence-corrected chi connectivity index (χ2v) is 4.62. The number of nitrogens with zero attached hydrogens (tertiary/aromatic N) is 1. The smallest absolute Gasteiger partial charge is 0.321 e. The lowest BCUT2D eigenvalue weighted by atomic mass is 10.1. The maximum absolute atomic E-state index is 13.4. The van der Waals surface area contributed by atoms with Crippen LogP contribution in [0.1, 0.15) is 19.4 Å². The number of benzene rings is 1. The summed E-state index contributed by atoms with van der Waals surface area (Å²) < 4.78 is 13.4. The summed E-state index contributed by atoms with van der Waals surface area (Å²) >= 11 is 0. The number of carboxylic acids is 1. The quantitative estimate of drug-likeness (QED) is 0.872. The summed E-state index contributed by atoms with van der Waals surface area (Å²) in [5.41, 5.74) is 0.736. The molecule has 5 nitrogen and oxygen atoms in total. The van der Waals surface area contributed by atoms with Gasteiger partial charge in [0.1, 0.15) is 5.82 Å². The van der Waals surface area contributed by atoms with E-state index < -0.39 is 23.7 Å². The van der Waals surface area contributed by atoms with Gasteiger partial charge in [-0.05, 0) is 26.0 Å². The van der Waals surface area contributed by atoms with Crippen LogP contribution in [0.4, 0.5) is 14.9 Å². The largest absolute Gasteiger partial charge is 0.481 e. The van der Waals surface area contributed by atoms with Crippen molar-refractivity contribution in [1.29, 1.82) is 0 Å². The first-order chi connectivity index (χ1) is 9.36. The molecule has 2 amide bonds. The van der Waals surface area contributed by atoms with Gasteiger partial charge in [0.2, 0.25) is 0 Å². The number of carboxylic acid groups (broad SMARTS) is 1. The molecular weight excluding hydrogens is 263 g/mol. The van der Waals surface area contributed by atoms with E-state index in [9.17, 15) is 14.0 Å². The number of hydrogen-bond acceptors (Lipinski definition) is 2. The molecule has 0 heterocycles. The summed E-state index contributed by atoms with van der Waals surface area (Å²) in [6, 6.07) is 3.99. The summed E-state index contributed by atoms with van der Waals surface area (Å²) in [6.45, 7) is 5.34. The number of anilines is 1. The maximum atomic E-state index is 13.4. The lowest BCUT2D eigenvalue weighted by Crippen LogP contribution is -2.39. The fraction of sp³-hybridized carbons (Fsp3) is 0.429. The predicted molar refractivity (Wildman–Crippen MR) is 74.2 cm³/mol. The zero-order valence-corrected chi connectivity index (χ0v) is 11.8. The van der Waals surface area contributed by atoms with Crippen LogP contribution in [-0.2, 0) is 4.79 Å². The van der Waals surface area contributed by atoms with Crippen LogP contribution < -0.4 is 5.32 Å². The lowest BCUT2D eigenvalue weighted by Gasteiger charge is -2.23. The van der Waals surface area contributed by atoms with Crippen molar-refractivity contribution in [1.82, 2.24) is 4.90 Å². The van der Waals surface area contributed by atoms with Crippen LogP contribution >= 0.6 is 0 Å². The molecule has 1 unspecified atom stereocenters. The van der Waals surface area contributed by atoms with Crippen molar-refractivity contribution in [2.45, 2.75) is 20.8 Å². The van der Waals surface area contributed by atoms with E-state index in [0.29, 0.717) is 17.8 Å². The minimum absolute atomic E-state index is 0.103. The van der Waals surface area contributed by atoms with Gasteiger partial charge in [0.15, 0.2) is 0 Å². The van der Waals surface area contributed by atoms with Gasteiger partial charge in [-0.3, -0.25) is 4.79 Å². The first-order valence-corrected chi connectivity index (χ1v) is 6.40. The van der Waals surface area contributed by atoms with Crippen LogP contribution in [0, 0.1) is 18.7 Å². The Kier molecular flexibility index (Phi) is 5.49. The minimum atomic E-state index is -0.960. The highest BCUT2D eigenvalue weighted by atomic mass is 19.1. The summed E-state index contributed by atoms with van der Waals surface area (Å²) in [7, 11) is 0. The molecule has 2 N–H and O–H groups in total. The van der Waals surface area contributed by atoms with E-state index in [-0.39, 0.29) is 6.54 Å². The number of carbonyl (C=O) groups excluding carboxylic acids is 1. The van der Waals surface area contributed by atoms with Crippen molar-refractivity contribution in [3.05, 3.63) is 29.6 Å². The molecule has 0 saturated carbocycles. The highest BCUT2D eigenvalue weighted by Gasteiger charge is 2.19. The molecule has 0 spiro atoms. The summed E-state index contributed by atoms with van der Waals surface area (Å²) in [5.74, 6) is -2.02. The molecule has 0 saturated heterocycles. The molecule has 1 aromatic rings. The maximum Gasteiger partial charge on any atom is 0.321 e. The van der Waals surface area contributed by atoms with Gasteiger partial charge in [0, 0.05) is 24.3 Å². The Balaban J connectivity index is 2.77. The third kappa shape index (κ3) is 3.94. The zero-order chi connectivity index (χ0) is 15.3. The van der Waals surface area contributed by atoms with Crippen molar-refractivity contribution in [3.8, 4) is 0 Å². The first-order valence-electron chi connectivity index (χ1n) is 6.40. The van der Waals surface area contributed by atoms with Crippen LogP contribution in [0.3, 0.4) is 0 Å². The summed E-state index contributed by atoms with van der Waals surface area (Å²) in [6.07, 6.45) is 0. The van der Waals surface area contributed by atoms with Gasteiger partial charge < -0.3 is 15.3 Å². The molecule has 20 heavy (non-hydrogen) atoms. The van der Waals surface area contributed by atoms with E-state index in [1.54, 1.807) is 19.9 Å². The Bertz CT molecular complexity index is 505. The molecule has 0 aromatic heterocycles. The summed E-state index contributed by atoms with van der Waals surface area (Å²) in [5, 5.41) is 11.5. The Morgan fingerprint density at radius 3 is 2.65 bits per heavy atom. The van der Waals surface area contributed by atoms with Crippen molar-refractivity contribution in [3.63, 3.8) is 0 Å². The molecular formula is C14H19FN2O3. The van der Waals surface area contributed by atoms with Crippen molar-refractivity contribution in [2.24, 2.45) is 5.92 Å². The topological polar surface area (TPSA) is 69.6 Å². The van der Waals surface area contributed by atoms with Gasteiger partial charge in [-0.2, -0.15) is 0 Å². The van der Waals surface area contributed by atoms with E-state index in [1.165, 1.54) is 24.0 Å². The van der Waals surface area contributed by atoms with Crippen LogP contribution in [0.5, 0.6) is 0 Å². The Morgan fingerprint density at radius 1 is 1.45 bits per heavy atom. The van der Waals surface area contributed by atoms with E-state index in [4.69, 9.17) is 5.11 Å². The van der Waals surface area contributed by atoms with Crippen molar-refractivity contribution in [2.75, 3.05) is 18.4 Å². The van der Waals surface area contributed by atoms with Gasteiger partial charge in [-0.1, -0.05) is 13.0 Å². The monoisotopic (exact) mass is 282 g/mol. The molecule has 6 heteroatoms. The SMILES string of the molecule is CCN(CC(C)C(=O)O)C(=O)Nc1cccc(F)c1C. The fourth-order valence-electron chi connectivity index (χ4n) is 1.70.